The van der Waals surface area contributed by atoms with Crippen molar-refractivity contribution in [2.24, 2.45) is 0 Å². The van der Waals surface area contributed by atoms with Crippen LogP contribution in [0, 0.1) is 11.6 Å². The largest absolute Gasteiger partial charge is 0.355 e. The molecule has 5 rings (SSSR count). The Bertz CT molecular complexity index is 1240. The lowest BCUT2D eigenvalue weighted by molar-refractivity contribution is -0.115. The van der Waals surface area contributed by atoms with Crippen molar-refractivity contribution in [2.45, 2.75) is 18.9 Å². The van der Waals surface area contributed by atoms with Gasteiger partial charge in [0, 0.05) is 30.9 Å². The second-order valence-electron chi connectivity index (χ2n) is 7.25. The second kappa shape index (κ2) is 8.71. The number of hydrogen-bond acceptors (Lipinski definition) is 9. The number of carbonyl (C=O) groups is 1. The first kappa shape index (κ1) is 20.6. The number of amides is 1. The van der Waals surface area contributed by atoms with Crippen molar-refractivity contribution in [1.82, 2.24) is 20.2 Å². The van der Waals surface area contributed by atoms with E-state index in [1.807, 2.05) is 12.1 Å². The Balaban J connectivity index is 1.16. The highest BCUT2D eigenvalue weighted by atomic mass is 32.1. The Hall–Kier alpha value is -3.25. The zero-order valence-corrected chi connectivity index (χ0v) is 18.2. The van der Waals surface area contributed by atoms with Gasteiger partial charge in [0.1, 0.15) is 0 Å². The molecule has 2 N–H and O–H groups in total. The smallest absolute Gasteiger partial charge is 0.230 e. The van der Waals surface area contributed by atoms with Crippen LogP contribution in [-0.4, -0.2) is 45.2 Å². The molecule has 8 nitrogen and oxygen atoms in total. The first-order valence-corrected chi connectivity index (χ1v) is 11.5. The minimum Gasteiger partial charge on any atom is -0.355 e. The first-order chi connectivity index (χ1) is 15.5. The Morgan fingerprint density at radius 2 is 2.03 bits per heavy atom. The molecule has 0 spiro atoms. The molecule has 12 heteroatoms. The number of carbonyl (C=O) groups excluding carboxylic acids is 1. The number of hydrogen-bond donors (Lipinski definition) is 2. The molecule has 1 fully saturated rings. The zero-order chi connectivity index (χ0) is 22.1. The number of aromatic nitrogens is 4. The number of nitrogens with zero attached hydrogens (tertiary/aromatic N) is 5. The molecule has 1 amide bonds. The van der Waals surface area contributed by atoms with Crippen LogP contribution in [0.25, 0.3) is 10.3 Å². The number of benzene rings is 1. The van der Waals surface area contributed by atoms with Crippen molar-refractivity contribution >= 4 is 54.3 Å². The maximum atomic E-state index is 13.7. The first-order valence-electron chi connectivity index (χ1n) is 9.84. The quantitative estimate of drug-likeness (QED) is 0.441. The molecular weight excluding hydrogens is 456 g/mol. The lowest BCUT2D eigenvalue weighted by Crippen LogP contribution is -2.25. The van der Waals surface area contributed by atoms with Gasteiger partial charge in [-0.15, -0.1) is 10.2 Å². The van der Waals surface area contributed by atoms with Crippen LogP contribution >= 0.6 is 22.7 Å². The molecule has 4 aromatic rings. The summed E-state index contributed by atoms with van der Waals surface area (Å²) in [5.41, 5.74) is 0.744. The monoisotopic (exact) mass is 473 g/mol. The molecule has 1 aromatic carbocycles. The van der Waals surface area contributed by atoms with Crippen LogP contribution in [0.4, 0.5) is 24.2 Å². The molecular formula is C20H17F2N7OS2. The highest BCUT2D eigenvalue weighted by Crippen LogP contribution is 2.31. The molecule has 0 aliphatic carbocycles. The molecule has 0 bridgehead atoms. The van der Waals surface area contributed by atoms with Crippen molar-refractivity contribution in [2.75, 3.05) is 28.6 Å². The minimum atomic E-state index is -1.02. The molecule has 0 radical (unpaired) electrons. The molecule has 1 aliphatic rings. The van der Waals surface area contributed by atoms with Crippen molar-refractivity contribution in [3.05, 3.63) is 53.7 Å². The van der Waals surface area contributed by atoms with Gasteiger partial charge in [-0.05, 0) is 24.6 Å². The van der Waals surface area contributed by atoms with Crippen LogP contribution < -0.4 is 15.5 Å². The Morgan fingerprint density at radius 3 is 2.91 bits per heavy atom. The van der Waals surface area contributed by atoms with Gasteiger partial charge in [0.2, 0.25) is 16.2 Å². The third-order valence-electron chi connectivity index (χ3n) is 4.99. The summed E-state index contributed by atoms with van der Waals surface area (Å²) in [4.78, 5) is 23.3. The number of anilines is 3. The number of nitrogens with one attached hydrogen (secondary N) is 2. The highest BCUT2D eigenvalue weighted by molar-refractivity contribution is 7.22. The van der Waals surface area contributed by atoms with Crippen molar-refractivity contribution < 1.29 is 13.6 Å². The van der Waals surface area contributed by atoms with Gasteiger partial charge in [0.05, 0.1) is 11.1 Å². The van der Waals surface area contributed by atoms with Gasteiger partial charge in [-0.25, -0.2) is 13.8 Å². The van der Waals surface area contributed by atoms with Crippen molar-refractivity contribution in [1.29, 1.82) is 0 Å². The van der Waals surface area contributed by atoms with Crippen LogP contribution in [0.15, 0.2) is 36.5 Å². The van der Waals surface area contributed by atoms with Crippen LogP contribution in [0.5, 0.6) is 0 Å². The number of fused-ring (bicyclic) bond motifs is 1. The molecule has 0 unspecified atom stereocenters. The van der Waals surface area contributed by atoms with Gasteiger partial charge in [0.15, 0.2) is 22.4 Å². The summed E-state index contributed by atoms with van der Waals surface area (Å²) in [6, 6.07) is 7.82. The Kier molecular flexibility index (Phi) is 5.62. The predicted molar refractivity (Wildman–Crippen MR) is 120 cm³/mol. The van der Waals surface area contributed by atoms with E-state index in [1.165, 1.54) is 23.5 Å². The van der Waals surface area contributed by atoms with Gasteiger partial charge < -0.3 is 15.5 Å². The lowest BCUT2D eigenvalue weighted by atomic mass is 10.1. The summed E-state index contributed by atoms with van der Waals surface area (Å²) in [7, 11) is 0. The molecule has 0 saturated carbocycles. The zero-order valence-electron chi connectivity index (χ0n) is 16.6. The van der Waals surface area contributed by atoms with E-state index in [9.17, 15) is 13.6 Å². The molecule has 1 atom stereocenters. The van der Waals surface area contributed by atoms with Crippen molar-refractivity contribution in [3.8, 4) is 0 Å². The lowest BCUT2D eigenvalue weighted by Gasteiger charge is -2.14. The SMILES string of the molecule is O=C(Cc1cccc(F)c1F)Nc1nnc(N[C@@H]2CCN(c3nc4ncccc4s3)C2)s1. The van der Waals surface area contributed by atoms with E-state index in [1.54, 1.807) is 17.5 Å². The van der Waals surface area contributed by atoms with E-state index in [4.69, 9.17) is 0 Å². The fraction of sp³-hybridized carbons (Fsp3) is 0.250. The maximum absolute atomic E-state index is 13.7. The van der Waals surface area contributed by atoms with E-state index in [0.717, 1.165) is 41.1 Å². The number of thiazole rings is 1. The maximum Gasteiger partial charge on any atom is 0.230 e. The number of rotatable bonds is 6. The van der Waals surface area contributed by atoms with Gasteiger partial charge in [-0.2, -0.15) is 4.98 Å². The summed E-state index contributed by atoms with van der Waals surface area (Å²) in [6.07, 6.45) is 2.35. The summed E-state index contributed by atoms with van der Waals surface area (Å²) in [6.45, 7) is 1.62. The average Bonchev–Trinajstić information content (AvgIpc) is 3.51. The molecule has 164 valence electrons. The molecule has 4 heterocycles. The van der Waals surface area contributed by atoms with Crippen LogP contribution in [0.1, 0.15) is 12.0 Å². The van der Waals surface area contributed by atoms with Crippen LogP contribution in [0.2, 0.25) is 0 Å². The minimum absolute atomic E-state index is 0.0125. The predicted octanol–water partition coefficient (Wildman–Crippen LogP) is 3.69. The Morgan fingerprint density at radius 1 is 1.16 bits per heavy atom. The summed E-state index contributed by atoms with van der Waals surface area (Å²) >= 11 is 2.81. The number of halogens is 2. The fourth-order valence-corrected chi connectivity index (χ4v) is 5.17. The third-order valence-corrected chi connectivity index (χ3v) is 6.83. The summed E-state index contributed by atoms with van der Waals surface area (Å²) < 4.78 is 28.1. The van der Waals surface area contributed by atoms with Crippen molar-refractivity contribution in [3.63, 3.8) is 0 Å². The average molecular weight is 474 g/mol. The van der Waals surface area contributed by atoms with Gasteiger partial charge in [0.25, 0.3) is 0 Å². The second-order valence-corrected chi connectivity index (χ2v) is 9.23. The van der Waals surface area contributed by atoms with E-state index >= 15 is 0 Å². The third kappa shape index (κ3) is 4.36. The fourth-order valence-electron chi connectivity index (χ4n) is 3.47. The van der Waals surface area contributed by atoms with Gasteiger partial charge >= 0.3 is 0 Å². The molecule has 1 saturated heterocycles. The topological polar surface area (TPSA) is 95.9 Å². The molecule has 3 aromatic heterocycles. The highest BCUT2D eigenvalue weighted by Gasteiger charge is 2.26. The van der Waals surface area contributed by atoms with Crippen LogP contribution in [-0.2, 0) is 11.2 Å². The Labute approximate surface area is 189 Å². The van der Waals surface area contributed by atoms with E-state index in [-0.39, 0.29) is 18.0 Å². The molecule has 1 aliphatic heterocycles. The van der Waals surface area contributed by atoms with Gasteiger partial charge in [-0.3, -0.25) is 4.79 Å². The van der Waals surface area contributed by atoms with E-state index in [2.05, 4.69) is 35.7 Å². The van der Waals surface area contributed by atoms with E-state index in [0.29, 0.717) is 10.3 Å². The van der Waals surface area contributed by atoms with Crippen LogP contribution in [0.3, 0.4) is 0 Å². The normalized spacial score (nSPS) is 15.9. The standard InChI is InChI=1S/C20H17F2N7OS2/c21-13-4-1-3-11(16(13)22)9-15(30)25-19-28-27-18(32-19)24-12-6-8-29(10-12)20-26-17-14(31-20)5-2-7-23-17/h1-5,7,12H,6,8-10H2,(H,24,27)(H,25,28,30)/t12-/m1/s1. The summed E-state index contributed by atoms with van der Waals surface area (Å²) in [5.74, 6) is -2.49. The van der Waals surface area contributed by atoms with E-state index < -0.39 is 17.5 Å². The molecule has 32 heavy (non-hydrogen) atoms. The number of pyridine rings is 1. The summed E-state index contributed by atoms with van der Waals surface area (Å²) in [5, 5.41) is 15.8. The van der Waals surface area contributed by atoms with Gasteiger partial charge in [-0.1, -0.05) is 34.8 Å².